The molecule has 0 aromatic heterocycles. The van der Waals surface area contributed by atoms with Gasteiger partial charge in [0.2, 0.25) is 0 Å². The molecule has 3 heteroatoms. The van der Waals surface area contributed by atoms with Gasteiger partial charge in [-0.3, -0.25) is 4.79 Å². The molecule has 3 nitrogen and oxygen atoms in total. The summed E-state index contributed by atoms with van der Waals surface area (Å²) in [5, 5.41) is 12.8. The van der Waals surface area contributed by atoms with Crippen molar-refractivity contribution in [3.63, 3.8) is 0 Å². The normalized spacial score (nSPS) is 36.1. The predicted octanol–water partition coefficient (Wildman–Crippen LogP) is 3.29. The minimum atomic E-state index is -0.585. The molecular formula is C16H29NO2. The molecule has 0 bridgehead atoms. The molecule has 2 aliphatic rings. The van der Waals surface area contributed by atoms with Crippen LogP contribution in [0.15, 0.2) is 0 Å². The van der Waals surface area contributed by atoms with Crippen molar-refractivity contribution in [3.8, 4) is 0 Å². The van der Waals surface area contributed by atoms with Gasteiger partial charge in [-0.1, -0.05) is 32.6 Å². The van der Waals surface area contributed by atoms with Gasteiger partial charge in [-0.25, -0.2) is 0 Å². The van der Waals surface area contributed by atoms with Gasteiger partial charge >= 0.3 is 5.97 Å². The van der Waals surface area contributed by atoms with Crippen LogP contribution in [0.1, 0.15) is 58.3 Å². The minimum Gasteiger partial charge on any atom is -0.481 e. The maximum Gasteiger partial charge on any atom is 0.306 e. The van der Waals surface area contributed by atoms with E-state index in [2.05, 4.69) is 12.2 Å². The van der Waals surface area contributed by atoms with Crippen LogP contribution in [0.5, 0.6) is 0 Å². The third-order valence-electron chi connectivity index (χ3n) is 5.20. The molecular weight excluding hydrogens is 238 g/mol. The second kappa shape index (κ2) is 7.28. The average molecular weight is 267 g/mol. The number of hydrogen-bond donors (Lipinski definition) is 2. The molecule has 2 aliphatic carbocycles. The van der Waals surface area contributed by atoms with Gasteiger partial charge in [-0.2, -0.15) is 0 Å². The van der Waals surface area contributed by atoms with E-state index >= 15 is 0 Å². The number of carbonyl (C=O) groups is 1. The van der Waals surface area contributed by atoms with Crippen molar-refractivity contribution < 1.29 is 9.90 Å². The van der Waals surface area contributed by atoms with Crippen LogP contribution >= 0.6 is 0 Å². The van der Waals surface area contributed by atoms with Crippen molar-refractivity contribution in [1.82, 2.24) is 5.32 Å². The van der Waals surface area contributed by atoms with Crippen molar-refractivity contribution in [1.29, 1.82) is 0 Å². The molecule has 0 saturated heterocycles. The summed E-state index contributed by atoms with van der Waals surface area (Å²) in [5.41, 5.74) is 0. The fraction of sp³-hybridized carbons (Fsp3) is 0.938. The van der Waals surface area contributed by atoms with E-state index in [4.69, 9.17) is 0 Å². The molecule has 2 atom stereocenters. The molecule has 0 aromatic carbocycles. The molecule has 2 fully saturated rings. The highest BCUT2D eigenvalue weighted by Crippen LogP contribution is 2.30. The average Bonchev–Trinajstić information content (AvgIpc) is 2.41. The van der Waals surface area contributed by atoms with Crippen LogP contribution in [0.25, 0.3) is 0 Å². The van der Waals surface area contributed by atoms with E-state index in [0.717, 1.165) is 44.2 Å². The molecule has 2 saturated carbocycles. The van der Waals surface area contributed by atoms with Crippen LogP contribution in [0.2, 0.25) is 0 Å². The molecule has 2 rings (SSSR count). The lowest BCUT2D eigenvalue weighted by Gasteiger charge is -2.30. The summed E-state index contributed by atoms with van der Waals surface area (Å²) in [7, 11) is 0. The van der Waals surface area contributed by atoms with Gasteiger partial charge in [0.1, 0.15) is 0 Å². The fourth-order valence-corrected chi connectivity index (χ4v) is 3.78. The lowest BCUT2D eigenvalue weighted by atomic mass is 9.79. The van der Waals surface area contributed by atoms with Gasteiger partial charge in [0.25, 0.3) is 0 Å². The molecule has 110 valence electrons. The summed E-state index contributed by atoms with van der Waals surface area (Å²) >= 11 is 0. The van der Waals surface area contributed by atoms with E-state index in [1.807, 2.05) is 0 Å². The maximum absolute atomic E-state index is 11.2. The second-order valence-electron chi connectivity index (χ2n) is 6.77. The Morgan fingerprint density at radius 1 is 1.05 bits per heavy atom. The number of nitrogens with one attached hydrogen (secondary N) is 1. The van der Waals surface area contributed by atoms with Crippen molar-refractivity contribution in [2.75, 3.05) is 13.1 Å². The van der Waals surface area contributed by atoms with Crippen molar-refractivity contribution >= 4 is 5.97 Å². The van der Waals surface area contributed by atoms with Crippen molar-refractivity contribution in [2.24, 2.45) is 23.7 Å². The van der Waals surface area contributed by atoms with Crippen LogP contribution in [0, 0.1) is 23.7 Å². The van der Waals surface area contributed by atoms with Gasteiger partial charge < -0.3 is 10.4 Å². The van der Waals surface area contributed by atoms with Crippen LogP contribution in [-0.2, 0) is 4.79 Å². The van der Waals surface area contributed by atoms with Crippen molar-refractivity contribution in [2.45, 2.75) is 58.3 Å². The number of rotatable bonds is 5. The minimum absolute atomic E-state index is 0.104. The first kappa shape index (κ1) is 14.8. The van der Waals surface area contributed by atoms with Gasteiger partial charge in [-0.15, -0.1) is 0 Å². The Kier molecular flexibility index (Phi) is 5.68. The highest BCUT2D eigenvalue weighted by molar-refractivity contribution is 5.70. The van der Waals surface area contributed by atoms with E-state index in [9.17, 15) is 9.90 Å². The topological polar surface area (TPSA) is 49.3 Å². The molecule has 0 spiro atoms. The third-order valence-corrected chi connectivity index (χ3v) is 5.20. The Bertz CT molecular complexity index is 284. The maximum atomic E-state index is 11.2. The molecule has 2 unspecified atom stereocenters. The number of aliphatic carboxylic acids is 1. The second-order valence-corrected chi connectivity index (χ2v) is 6.77. The van der Waals surface area contributed by atoms with Crippen LogP contribution < -0.4 is 5.32 Å². The van der Waals surface area contributed by atoms with E-state index < -0.39 is 5.97 Å². The van der Waals surface area contributed by atoms with Gasteiger partial charge in [-0.05, 0) is 56.5 Å². The first-order chi connectivity index (χ1) is 9.16. The zero-order valence-electron chi connectivity index (χ0n) is 12.2. The zero-order chi connectivity index (χ0) is 13.7. The summed E-state index contributed by atoms with van der Waals surface area (Å²) in [5.74, 6) is 1.40. The molecule has 0 amide bonds. The third kappa shape index (κ3) is 4.48. The van der Waals surface area contributed by atoms with Crippen LogP contribution in [-0.4, -0.2) is 24.2 Å². The van der Waals surface area contributed by atoms with Crippen LogP contribution in [0.3, 0.4) is 0 Å². The zero-order valence-corrected chi connectivity index (χ0v) is 12.2. The molecule has 0 aromatic rings. The molecule has 19 heavy (non-hydrogen) atoms. The van der Waals surface area contributed by atoms with E-state index in [0.29, 0.717) is 5.92 Å². The number of carboxylic acids is 1. The quantitative estimate of drug-likeness (QED) is 0.803. The Hall–Kier alpha value is -0.570. The summed E-state index contributed by atoms with van der Waals surface area (Å²) in [6, 6.07) is 0. The summed E-state index contributed by atoms with van der Waals surface area (Å²) in [4.78, 5) is 11.2. The van der Waals surface area contributed by atoms with Gasteiger partial charge in [0.05, 0.1) is 5.92 Å². The summed E-state index contributed by atoms with van der Waals surface area (Å²) < 4.78 is 0. The Morgan fingerprint density at radius 3 is 2.42 bits per heavy atom. The standard InChI is InChI=1S/C16H29NO2/c1-12-6-8-13(9-7-12)10-17-11-14-4-2-3-5-15(14)16(18)19/h12-15,17H,2-11H2,1H3,(H,18,19). The fourth-order valence-electron chi connectivity index (χ4n) is 3.78. The van der Waals surface area contributed by atoms with E-state index in [1.165, 1.54) is 32.1 Å². The highest BCUT2D eigenvalue weighted by Gasteiger charge is 2.30. The molecule has 0 heterocycles. The monoisotopic (exact) mass is 267 g/mol. The molecule has 0 aliphatic heterocycles. The predicted molar refractivity (Wildman–Crippen MR) is 77.1 cm³/mol. The number of hydrogen-bond acceptors (Lipinski definition) is 2. The number of carboxylic acid groups (broad SMARTS) is 1. The Balaban J connectivity index is 1.67. The van der Waals surface area contributed by atoms with Gasteiger partial charge in [0, 0.05) is 0 Å². The lowest BCUT2D eigenvalue weighted by Crippen LogP contribution is -2.36. The lowest BCUT2D eigenvalue weighted by molar-refractivity contribution is -0.144. The molecule has 0 radical (unpaired) electrons. The largest absolute Gasteiger partial charge is 0.481 e. The van der Waals surface area contributed by atoms with Crippen LogP contribution in [0.4, 0.5) is 0 Å². The first-order valence-corrected chi connectivity index (χ1v) is 8.10. The summed E-state index contributed by atoms with van der Waals surface area (Å²) in [6.45, 7) is 4.35. The van der Waals surface area contributed by atoms with Gasteiger partial charge in [0.15, 0.2) is 0 Å². The van der Waals surface area contributed by atoms with E-state index in [1.54, 1.807) is 0 Å². The summed E-state index contributed by atoms with van der Waals surface area (Å²) in [6.07, 6.45) is 9.70. The van der Waals surface area contributed by atoms with E-state index in [-0.39, 0.29) is 5.92 Å². The highest BCUT2D eigenvalue weighted by atomic mass is 16.4. The Labute approximate surface area is 117 Å². The Morgan fingerprint density at radius 2 is 1.74 bits per heavy atom. The molecule has 2 N–H and O–H groups in total. The SMILES string of the molecule is CC1CCC(CNCC2CCCCC2C(=O)O)CC1. The smallest absolute Gasteiger partial charge is 0.306 e. The first-order valence-electron chi connectivity index (χ1n) is 8.10. The van der Waals surface area contributed by atoms with Crippen molar-refractivity contribution in [3.05, 3.63) is 0 Å².